The lowest BCUT2D eigenvalue weighted by atomic mass is 9.36. The van der Waals surface area contributed by atoms with E-state index in [1.54, 1.807) is 5.56 Å². The average Bonchev–Trinajstić information content (AvgIpc) is 3.03. The van der Waals surface area contributed by atoms with Crippen molar-refractivity contribution in [3.05, 3.63) is 96.2 Å². The van der Waals surface area contributed by atoms with E-state index in [1.165, 1.54) is 90.4 Å². The SMILES string of the molecule is c1ccc2c(c1)Sc1cccc3c1B2c1ccc(-n2c4c(c5ccccc52)CCCCC4)cc1S3. The van der Waals surface area contributed by atoms with Gasteiger partial charge in [-0.2, -0.15) is 0 Å². The van der Waals surface area contributed by atoms with Crippen LogP contribution in [0.15, 0.2) is 105 Å². The third kappa shape index (κ3) is 2.99. The molecule has 5 aromatic rings. The Morgan fingerprint density at radius 2 is 1.37 bits per heavy atom. The van der Waals surface area contributed by atoms with Gasteiger partial charge in [-0.15, -0.1) is 0 Å². The van der Waals surface area contributed by atoms with E-state index in [0.29, 0.717) is 6.71 Å². The van der Waals surface area contributed by atoms with E-state index in [1.807, 2.05) is 23.5 Å². The predicted molar refractivity (Wildman–Crippen MR) is 150 cm³/mol. The fraction of sp³-hybridized carbons (Fsp3) is 0.161. The van der Waals surface area contributed by atoms with Crippen LogP contribution in [0, 0.1) is 0 Å². The molecule has 0 fully saturated rings. The Balaban J connectivity index is 1.35. The number of nitrogens with zero attached hydrogens (tertiary/aromatic N) is 1. The summed E-state index contributed by atoms with van der Waals surface area (Å²) in [5.74, 6) is 0. The molecule has 3 aliphatic rings. The maximum atomic E-state index is 2.58. The summed E-state index contributed by atoms with van der Waals surface area (Å²) in [6, 6.07) is 32.1. The van der Waals surface area contributed by atoms with Gasteiger partial charge in [-0.05, 0) is 73.1 Å². The number of aromatic nitrogens is 1. The van der Waals surface area contributed by atoms with Crippen molar-refractivity contribution in [2.45, 2.75) is 51.7 Å². The minimum absolute atomic E-state index is 0.322. The minimum Gasteiger partial charge on any atom is -0.313 e. The Labute approximate surface area is 215 Å². The molecular weight excluding hydrogens is 461 g/mol. The molecule has 0 radical (unpaired) electrons. The third-order valence-corrected chi connectivity index (χ3v) is 10.3. The van der Waals surface area contributed by atoms with Crippen LogP contribution in [0.5, 0.6) is 0 Å². The van der Waals surface area contributed by atoms with Crippen LogP contribution in [0.2, 0.25) is 0 Å². The van der Waals surface area contributed by atoms with E-state index in [9.17, 15) is 0 Å². The molecule has 1 aliphatic carbocycles. The fourth-order valence-electron chi connectivity index (χ4n) is 6.47. The molecule has 0 bridgehead atoms. The van der Waals surface area contributed by atoms with Crippen LogP contribution >= 0.6 is 23.5 Å². The van der Waals surface area contributed by atoms with Crippen molar-refractivity contribution in [3.8, 4) is 5.69 Å². The Morgan fingerprint density at radius 3 is 2.31 bits per heavy atom. The zero-order chi connectivity index (χ0) is 22.9. The van der Waals surface area contributed by atoms with Gasteiger partial charge in [0.05, 0.1) is 5.52 Å². The van der Waals surface area contributed by atoms with Crippen molar-refractivity contribution in [3.63, 3.8) is 0 Å². The molecule has 35 heavy (non-hydrogen) atoms. The summed E-state index contributed by atoms with van der Waals surface area (Å²) in [6.45, 7) is 0.322. The van der Waals surface area contributed by atoms with Crippen LogP contribution in [0.25, 0.3) is 16.6 Å². The van der Waals surface area contributed by atoms with Crippen molar-refractivity contribution in [1.29, 1.82) is 0 Å². The van der Waals surface area contributed by atoms with Gasteiger partial charge in [0.25, 0.3) is 0 Å². The van der Waals surface area contributed by atoms with Crippen molar-refractivity contribution in [2.24, 2.45) is 0 Å². The van der Waals surface area contributed by atoms with Gasteiger partial charge in [-0.1, -0.05) is 89.4 Å². The van der Waals surface area contributed by atoms with E-state index in [2.05, 4.69) is 89.5 Å². The highest BCUT2D eigenvalue weighted by Crippen LogP contribution is 2.40. The number of benzene rings is 4. The summed E-state index contributed by atoms with van der Waals surface area (Å²) in [5, 5.41) is 1.45. The number of fused-ring (bicyclic) bond motifs is 7. The molecule has 168 valence electrons. The highest BCUT2D eigenvalue weighted by atomic mass is 32.2. The molecule has 4 aromatic carbocycles. The molecule has 2 aliphatic heterocycles. The molecule has 0 unspecified atom stereocenters. The lowest BCUT2D eigenvalue weighted by Crippen LogP contribution is -2.57. The summed E-state index contributed by atoms with van der Waals surface area (Å²) in [5.41, 5.74) is 10.2. The number of hydrogen-bond acceptors (Lipinski definition) is 2. The Kier molecular flexibility index (Phi) is 4.57. The highest BCUT2D eigenvalue weighted by molar-refractivity contribution is 8.01. The molecule has 0 amide bonds. The van der Waals surface area contributed by atoms with Gasteiger partial charge >= 0.3 is 0 Å². The Bertz CT molecular complexity index is 1650. The largest absolute Gasteiger partial charge is 0.313 e. The number of rotatable bonds is 1. The van der Waals surface area contributed by atoms with Crippen LogP contribution < -0.4 is 16.4 Å². The van der Waals surface area contributed by atoms with E-state index in [0.717, 1.165) is 0 Å². The predicted octanol–water partition coefficient (Wildman–Crippen LogP) is 6.34. The standard InChI is InChI=1S/C31H24BNS2/c1-2-9-21-22-10-4-6-13-26(22)33(25(21)12-3-1)20-17-18-24-30(19-20)35-29-16-8-15-28-31(29)32(24)23-11-5-7-14-27(23)34-28/h4-8,10-11,13-19H,1-3,9,12H2. The summed E-state index contributed by atoms with van der Waals surface area (Å²) < 4.78 is 2.58. The van der Waals surface area contributed by atoms with Crippen molar-refractivity contribution in [1.82, 2.24) is 4.57 Å². The molecule has 4 heteroatoms. The Morgan fingerprint density at radius 1 is 0.629 bits per heavy atom. The summed E-state index contributed by atoms with van der Waals surface area (Å²) in [6.07, 6.45) is 6.30. The first-order chi connectivity index (χ1) is 17.4. The number of aryl methyl sites for hydroxylation is 1. The topological polar surface area (TPSA) is 4.93 Å². The second kappa shape index (κ2) is 7.84. The van der Waals surface area contributed by atoms with Gasteiger partial charge in [0.2, 0.25) is 6.71 Å². The molecule has 1 nitrogen and oxygen atoms in total. The van der Waals surface area contributed by atoms with Gasteiger partial charge in [0.1, 0.15) is 0 Å². The fourth-order valence-corrected chi connectivity index (χ4v) is 8.91. The van der Waals surface area contributed by atoms with Crippen molar-refractivity contribution >= 4 is 57.5 Å². The van der Waals surface area contributed by atoms with Crippen LogP contribution in [0.3, 0.4) is 0 Å². The van der Waals surface area contributed by atoms with E-state index >= 15 is 0 Å². The first kappa shape index (κ1) is 20.4. The molecular formula is C31H24BNS2. The van der Waals surface area contributed by atoms with Crippen LogP contribution in [0.1, 0.15) is 30.5 Å². The average molecular weight is 485 g/mol. The normalized spacial score (nSPS) is 15.7. The highest BCUT2D eigenvalue weighted by Gasteiger charge is 2.37. The van der Waals surface area contributed by atoms with Crippen LogP contribution in [-0.2, 0) is 12.8 Å². The second-order valence-electron chi connectivity index (χ2n) is 9.90. The monoisotopic (exact) mass is 485 g/mol. The third-order valence-electron chi connectivity index (χ3n) is 7.98. The van der Waals surface area contributed by atoms with Gasteiger partial charge in [0, 0.05) is 36.3 Å². The summed E-state index contributed by atoms with van der Waals surface area (Å²) in [7, 11) is 0. The lowest BCUT2D eigenvalue weighted by Gasteiger charge is -2.33. The van der Waals surface area contributed by atoms with Crippen molar-refractivity contribution < 1.29 is 0 Å². The van der Waals surface area contributed by atoms with Gasteiger partial charge in [-0.3, -0.25) is 0 Å². The van der Waals surface area contributed by atoms with Crippen LogP contribution in [-0.4, -0.2) is 11.3 Å². The van der Waals surface area contributed by atoms with E-state index in [4.69, 9.17) is 0 Å². The molecule has 8 rings (SSSR count). The molecule has 0 saturated carbocycles. The quantitative estimate of drug-likeness (QED) is 0.197. The zero-order valence-electron chi connectivity index (χ0n) is 19.5. The summed E-state index contributed by atoms with van der Waals surface area (Å²) >= 11 is 3.88. The lowest BCUT2D eigenvalue weighted by molar-refractivity contribution is 0.704. The van der Waals surface area contributed by atoms with Crippen LogP contribution in [0.4, 0.5) is 0 Å². The van der Waals surface area contributed by atoms with E-state index < -0.39 is 0 Å². The molecule has 0 spiro atoms. The molecule has 0 saturated heterocycles. The van der Waals surface area contributed by atoms with Crippen molar-refractivity contribution in [2.75, 3.05) is 0 Å². The summed E-state index contributed by atoms with van der Waals surface area (Å²) in [4.78, 5) is 5.62. The molecule has 1 aromatic heterocycles. The molecule has 0 N–H and O–H groups in total. The minimum atomic E-state index is 0.322. The maximum absolute atomic E-state index is 2.58. The Hall–Kier alpha value is -2.82. The van der Waals surface area contributed by atoms with Gasteiger partial charge in [-0.25, -0.2) is 0 Å². The van der Waals surface area contributed by atoms with Gasteiger partial charge < -0.3 is 4.57 Å². The zero-order valence-corrected chi connectivity index (χ0v) is 21.1. The maximum Gasteiger partial charge on any atom is 0.247 e. The first-order valence-electron chi connectivity index (χ1n) is 12.7. The second-order valence-corrected chi connectivity index (χ2v) is 12.1. The van der Waals surface area contributed by atoms with Gasteiger partial charge in [0.15, 0.2) is 0 Å². The molecule has 3 heterocycles. The smallest absolute Gasteiger partial charge is 0.247 e. The van der Waals surface area contributed by atoms with E-state index in [-0.39, 0.29) is 0 Å². The molecule has 0 atom stereocenters. The number of para-hydroxylation sites is 1. The first-order valence-corrected chi connectivity index (χ1v) is 14.3. The number of hydrogen-bond donors (Lipinski definition) is 0.